The average Bonchev–Trinajstić information content (AvgIpc) is 2.81. The molecule has 5 rings (SSSR count). The fraction of sp³-hybridized carbons (Fsp3) is 0.250. The molecule has 0 radical (unpaired) electrons. The van der Waals surface area contributed by atoms with Gasteiger partial charge in [0, 0.05) is 34.4 Å². The Bertz CT molecular complexity index is 1230. The van der Waals surface area contributed by atoms with Crippen LogP contribution in [0.4, 0.5) is 11.4 Å². The standard InChI is InChI=1S/C28H28ClN3/c1-19-15-21(20-5-3-2-4-6-20)17-25(16-19)32(24-10-8-23(30)9-11-24)28-13-14-31-27-18-22(29)7-12-26(27)28/h2-7,12-18,23-24H,8-11,30H2,1H3. The van der Waals surface area contributed by atoms with Crippen molar-refractivity contribution in [2.75, 3.05) is 4.90 Å². The van der Waals surface area contributed by atoms with Crippen molar-refractivity contribution in [1.82, 2.24) is 4.98 Å². The lowest BCUT2D eigenvalue weighted by atomic mass is 9.89. The van der Waals surface area contributed by atoms with E-state index in [1.807, 2.05) is 18.3 Å². The number of pyridine rings is 1. The molecule has 4 heteroatoms. The van der Waals surface area contributed by atoms with Gasteiger partial charge in [-0.25, -0.2) is 0 Å². The SMILES string of the molecule is Cc1cc(-c2ccccc2)cc(N(c2ccnc3cc(Cl)ccc23)C2CCC(N)CC2)c1. The Balaban J connectivity index is 1.68. The third kappa shape index (κ3) is 4.23. The zero-order valence-electron chi connectivity index (χ0n) is 18.3. The molecule has 0 unspecified atom stereocenters. The fourth-order valence-corrected chi connectivity index (χ4v) is 5.09. The van der Waals surface area contributed by atoms with Gasteiger partial charge in [0.15, 0.2) is 0 Å². The van der Waals surface area contributed by atoms with Gasteiger partial charge in [0.2, 0.25) is 0 Å². The summed E-state index contributed by atoms with van der Waals surface area (Å²) >= 11 is 6.27. The van der Waals surface area contributed by atoms with Crippen molar-refractivity contribution in [3.63, 3.8) is 0 Å². The second-order valence-electron chi connectivity index (χ2n) is 8.85. The van der Waals surface area contributed by atoms with Crippen LogP contribution >= 0.6 is 11.6 Å². The molecule has 0 saturated heterocycles. The molecule has 1 aliphatic carbocycles. The van der Waals surface area contributed by atoms with E-state index in [9.17, 15) is 0 Å². The van der Waals surface area contributed by atoms with Crippen LogP contribution in [0, 0.1) is 6.92 Å². The molecule has 0 aliphatic heterocycles. The highest BCUT2D eigenvalue weighted by atomic mass is 35.5. The van der Waals surface area contributed by atoms with Gasteiger partial charge in [-0.1, -0.05) is 48.0 Å². The van der Waals surface area contributed by atoms with E-state index in [2.05, 4.69) is 77.5 Å². The summed E-state index contributed by atoms with van der Waals surface area (Å²) in [5.74, 6) is 0. The van der Waals surface area contributed by atoms with Gasteiger partial charge < -0.3 is 10.6 Å². The molecule has 1 aromatic heterocycles. The Morgan fingerprint density at radius 3 is 2.44 bits per heavy atom. The zero-order chi connectivity index (χ0) is 22.1. The first-order valence-electron chi connectivity index (χ1n) is 11.3. The smallest absolute Gasteiger partial charge is 0.0737 e. The summed E-state index contributed by atoms with van der Waals surface area (Å²) in [7, 11) is 0. The van der Waals surface area contributed by atoms with E-state index in [0.717, 1.165) is 36.6 Å². The van der Waals surface area contributed by atoms with Gasteiger partial charge in [0.25, 0.3) is 0 Å². The minimum absolute atomic E-state index is 0.304. The molecular weight excluding hydrogens is 414 g/mol. The van der Waals surface area contributed by atoms with E-state index in [4.69, 9.17) is 17.3 Å². The van der Waals surface area contributed by atoms with Crippen LogP contribution in [-0.2, 0) is 0 Å². The van der Waals surface area contributed by atoms with Gasteiger partial charge in [0.1, 0.15) is 0 Å². The molecule has 1 aliphatic rings. The largest absolute Gasteiger partial charge is 0.338 e. The molecule has 0 amide bonds. The summed E-state index contributed by atoms with van der Waals surface area (Å²) in [4.78, 5) is 7.10. The van der Waals surface area contributed by atoms with Gasteiger partial charge in [-0.3, -0.25) is 4.98 Å². The number of hydrogen-bond donors (Lipinski definition) is 1. The fourth-order valence-electron chi connectivity index (χ4n) is 4.92. The molecule has 4 aromatic rings. The first-order valence-corrected chi connectivity index (χ1v) is 11.7. The maximum atomic E-state index is 6.27. The van der Waals surface area contributed by atoms with Crippen molar-refractivity contribution in [2.24, 2.45) is 5.73 Å². The third-order valence-corrected chi connectivity index (χ3v) is 6.73. The third-order valence-electron chi connectivity index (χ3n) is 6.50. The van der Waals surface area contributed by atoms with Crippen molar-refractivity contribution in [3.8, 4) is 11.1 Å². The van der Waals surface area contributed by atoms with E-state index >= 15 is 0 Å². The van der Waals surface area contributed by atoms with Crippen molar-refractivity contribution in [1.29, 1.82) is 0 Å². The number of aromatic nitrogens is 1. The van der Waals surface area contributed by atoms with Crippen LogP contribution in [-0.4, -0.2) is 17.1 Å². The molecule has 1 fully saturated rings. The Morgan fingerprint density at radius 2 is 1.66 bits per heavy atom. The first kappa shape index (κ1) is 21.0. The molecule has 0 atom stereocenters. The van der Waals surface area contributed by atoms with E-state index in [1.54, 1.807) is 0 Å². The summed E-state index contributed by atoms with van der Waals surface area (Å²) in [6.45, 7) is 2.18. The lowest BCUT2D eigenvalue weighted by Gasteiger charge is -2.38. The number of aryl methyl sites for hydroxylation is 1. The van der Waals surface area contributed by atoms with Gasteiger partial charge in [-0.2, -0.15) is 0 Å². The van der Waals surface area contributed by atoms with Crippen molar-refractivity contribution >= 4 is 33.9 Å². The van der Waals surface area contributed by atoms with Crippen molar-refractivity contribution < 1.29 is 0 Å². The van der Waals surface area contributed by atoms with E-state index in [0.29, 0.717) is 17.1 Å². The summed E-state index contributed by atoms with van der Waals surface area (Å²) in [6.07, 6.45) is 6.14. The van der Waals surface area contributed by atoms with Crippen LogP contribution < -0.4 is 10.6 Å². The maximum absolute atomic E-state index is 6.27. The van der Waals surface area contributed by atoms with Crippen LogP contribution in [0.3, 0.4) is 0 Å². The number of hydrogen-bond acceptors (Lipinski definition) is 3. The zero-order valence-corrected chi connectivity index (χ0v) is 19.1. The highest BCUT2D eigenvalue weighted by Gasteiger charge is 2.27. The number of nitrogens with zero attached hydrogens (tertiary/aromatic N) is 2. The predicted octanol–water partition coefficient (Wildman–Crippen LogP) is 7.27. The van der Waals surface area contributed by atoms with Crippen molar-refractivity contribution in [3.05, 3.63) is 89.6 Å². The van der Waals surface area contributed by atoms with Gasteiger partial charge in [0.05, 0.1) is 11.2 Å². The molecule has 3 aromatic carbocycles. The predicted molar refractivity (Wildman–Crippen MR) is 136 cm³/mol. The number of halogens is 1. The maximum Gasteiger partial charge on any atom is 0.0737 e. The molecule has 1 heterocycles. The van der Waals surface area contributed by atoms with Crippen LogP contribution in [0.25, 0.3) is 22.0 Å². The van der Waals surface area contributed by atoms with E-state index in [1.165, 1.54) is 28.1 Å². The highest BCUT2D eigenvalue weighted by molar-refractivity contribution is 6.31. The summed E-state index contributed by atoms with van der Waals surface area (Å²) in [6, 6.07) is 26.3. The molecule has 162 valence electrons. The molecule has 0 bridgehead atoms. The normalized spacial score (nSPS) is 18.6. The van der Waals surface area contributed by atoms with Crippen LogP contribution in [0.2, 0.25) is 5.02 Å². The van der Waals surface area contributed by atoms with Gasteiger partial charge in [-0.15, -0.1) is 0 Å². The molecular formula is C28H28ClN3. The minimum atomic E-state index is 0.304. The first-order chi connectivity index (χ1) is 15.6. The Hall–Kier alpha value is -2.88. The van der Waals surface area contributed by atoms with Crippen LogP contribution in [0.5, 0.6) is 0 Å². The molecule has 1 saturated carbocycles. The number of fused-ring (bicyclic) bond motifs is 1. The molecule has 32 heavy (non-hydrogen) atoms. The topological polar surface area (TPSA) is 42.2 Å². The molecule has 2 N–H and O–H groups in total. The quantitative estimate of drug-likeness (QED) is 0.362. The van der Waals surface area contributed by atoms with Crippen LogP contribution in [0.1, 0.15) is 31.2 Å². The average molecular weight is 442 g/mol. The Morgan fingerprint density at radius 1 is 0.875 bits per heavy atom. The van der Waals surface area contributed by atoms with Crippen LogP contribution in [0.15, 0.2) is 79.0 Å². The lowest BCUT2D eigenvalue weighted by Crippen LogP contribution is -2.38. The van der Waals surface area contributed by atoms with Gasteiger partial charge >= 0.3 is 0 Å². The number of nitrogens with two attached hydrogens (primary N) is 1. The second-order valence-corrected chi connectivity index (χ2v) is 9.29. The minimum Gasteiger partial charge on any atom is -0.338 e. The van der Waals surface area contributed by atoms with E-state index in [-0.39, 0.29) is 0 Å². The molecule has 0 spiro atoms. The Kier molecular flexibility index (Phi) is 5.86. The molecule has 3 nitrogen and oxygen atoms in total. The van der Waals surface area contributed by atoms with Crippen molar-refractivity contribution in [2.45, 2.75) is 44.7 Å². The second kappa shape index (κ2) is 8.93. The summed E-state index contributed by atoms with van der Waals surface area (Å²) < 4.78 is 0. The monoisotopic (exact) mass is 441 g/mol. The summed E-state index contributed by atoms with van der Waals surface area (Å²) in [5.41, 5.74) is 13.3. The van der Waals surface area contributed by atoms with Gasteiger partial charge in [-0.05, 0) is 85.7 Å². The Labute approximate surface area is 194 Å². The highest BCUT2D eigenvalue weighted by Crippen LogP contribution is 2.39. The lowest BCUT2D eigenvalue weighted by molar-refractivity contribution is 0.391. The summed E-state index contributed by atoms with van der Waals surface area (Å²) in [5, 5.41) is 1.83. The van der Waals surface area contributed by atoms with E-state index < -0.39 is 0 Å². The number of rotatable bonds is 4. The number of anilines is 2. The number of benzene rings is 3.